The van der Waals surface area contributed by atoms with Crippen LogP contribution in [0.2, 0.25) is 0 Å². The van der Waals surface area contributed by atoms with Crippen LogP contribution in [0, 0.1) is 13.8 Å². The molecule has 0 bridgehead atoms. The molecule has 0 aliphatic heterocycles. The summed E-state index contributed by atoms with van der Waals surface area (Å²) >= 11 is 1.24. The number of Topliss-reactive ketones (excluding diaryl/α,β-unsaturated/α-hetero) is 1. The van der Waals surface area contributed by atoms with Crippen molar-refractivity contribution in [3.63, 3.8) is 0 Å². The van der Waals surface area contributed by atoms with Gasteiger partial charge in [-0.15, -0.1) is 11.3 Å². The van der Waals surface area contributed by atoms with Crippen molar-refractivity contribution < 1.29 is 33.4 Å². The highest BCUT2D eigenvalue weighted by atomic mass is 32.1. The Labute approximate surface area is 184 Å². The highest BCUT2D eigenvalue weighted by molar-refractivity contribution is 7.16. The molecule has 0 atom stereocenters. The first-order valence-electron chi connectivity index (χ1n) is 9.66. The van der Waals surface area contributed by atoms with Gasteiger partial charge < -0.3 is 19.5 Å². The Bertz CT molecular complexity index is 963. The Balaban J connectivity index is 1.82. The molecule has 31 heavy (non-hydrogen) atoms. The van der Waals surface area contributed by atoms with Crippen molar-refractivity contribution in [1.82, 2.24) is 0 Å². The lowest BCUT2D eigenvalue weighted by molar-refractivity contribution is -0.147. The van der Waals surface area contributed by atoms with E-state index in [2.05, 4.69) is 5.32 Å². The van der Waals surface area contributed by atoms with Gasteiger partial charge in [0.25, 0.3) is 5.91 Å². The molecule has 0 aliphatic carbocycles. The molecule has 1 aromatic heterocycles. The maximum Gasteiger partial charge on any atom is 0.341 e. The highest BCUT2D eigenvalue weighted by Crippen LogP contribution is 2.32. The molecule has 0 radical (unpaired) electrons. The quantitative estimate of drug-likeness (QED) is 0.437. The van der Waals surface area contributed by atoms with Gasteiger partial charge in [-0.1, -0.05) is 0 Å². The lowest BCUT2D eigenvalue weighted by atomic mass is 10.1. The van der Waals surface area contributed by atoms with Crippen molar-refractivity contribution in [2.75, 3.05) is 25.6 Å². The Morgan fingerprint density at radius 3 is 2.32 bits per heavy atom. The molecule has 1 heterocycles. The van der Waals surface area contributed by atoms with Crippen LogP contribution in [-0.4, -0.2) is 44.0 Å². The lowest BCUT2D eigenvalue weighted by Gasteiger charge is -2.07. The maximum absolute atomic E-state index is 12.2. The number of thiophene rings is 1. The standard InChI is InChI=1S/C22H25NO7S/c1-5-29-16-8-6-15(7-9-16)17(24)10-11-19(26)30-12-18(25)23-21-20(22(27)28-4)13(2)14(3)31-21/h6-9H,5,10-12H2,1-4H3,(H,23,25). The number of anilines is 1. The smallest absolute Gasteiger partial charge is 0.341 e. The number of carbonyl (C=O) groups is 4. The van der Waals surface area contributed by atoms with Crippen molar-refractivity contribution in [1.29, 1.82) is 0 Å². The van der Waals surface area contributed by atoms with Crippen molar-refractivity contribution in [3.05, 3.63) is 45.8 Å². The van der Waals surface area contributed by atoms with Gasteiger partial charge in [-0.3, -0.25) is 14.4 Å². The molecule has 0 unspecified atom stereocenters. The average Bonchev–Trinajstić information content (AvgIpc) is 3.03. The number of hydrogen-bond donors (Lipinski definition) is 1. The SMILES string of the molecule is CCOc1ccc(C(=O)CCC(=O)OCC(=O)Nc2sc(C)c(C)c2C(=O)OC)cc1. The first-order valence-corrected chi connectivity index (χ1v) is 10.5. The summed E-state index contributed by atoms with van der Waals surface area (Å²) in [5, 5.41) is 2.91. The van der Waals surface area contributed by atoms with Gasteiger partial charge in [-0.2, -0.15) is 0 Å². The molecule has 0 aliphatic rings. The van der Waals surface area contributed by atoms with E-state index < -0.39 is 24.5 Å². The fourth-order valence-electron chi connectivity index (χ4n) is 2.71. The normalized spacial score (nSPS) is 10.3. The zero-order chi connectivity index (χ0) is 23.0. The fourth-order valence-corrected chi connectivity index (χ4v) is 3.77. The summed E-state index contributed by atoms with van der Waals surface area (Å²) in [6.45, 7) is 5.46. The molecule has 0 saturated carbocycles. The summed E-state index contributed by atoms with van der Waals surface area (Å²) in [7, 11) is 1.26. The van der Waals surface area contributed by atoms with Crippen LogP contribution in [-0.2, 0) is 19.1 Å². The van der Waals surface area contributed by atoms with E-state index in [1.54, 1.807) is 31.2 Å². The number of amides is 1. The number of hydrogen-bond acceptors (Lipinski definition) is 8. The number of ether oxygens (including phenoxy) is 3. The van der Waals surface area contributed by atoms with E-state index in [0.29, 0.717) is 22.9 Å². The molecule has 1 N–H and O–H groups in total. The van der Waals surface area contributed by atoms with Crippen LogP contribution in [0.15, 0.2) is 24.3 Å². The molecule has 8 nitrogen and oxygen atoms in total. The number of ketones is 1. The second-order valence-corrected chi connectivity index (χ2v) is 7.79. The predicted molar refractivity (Wildman–Crippen MR) is 116 cm³/mol. The van der Waals surface area contributed by atoms with Crippen LogP contribution in [0.25, 0.3) is 0 Å². The summed E-state index contributed by atoms with van der Waals surface area (Å²) in [5.41, 5.74) is 1.47. The molecule has 9 heteroatoms. The maximum atomic E-state index is 12.2. The number of nitrogens with one attached hydrogen (secondary N) is 1. The van der Waals surface area contributed by atoms with Gasteiger partial charge in [0.05, 0.1) is 25.7 Å². The topological polar surface area (TPSA) is 108 Å². The number of aryl methyl sites for hydroxylation is 1. The second kappa shape index (κ2) is 11.3. The molecule has 166 valence electrons. The largest absolute Gasteiger partial charge is 0.494 e. The lowest BCUT2D eigenvalue weighted by Crippen LogP contribution is -2.22. The number of methoxy groups -OCH3 is 1. The summed E-state index contributed by atoms with van der Waals surface area (Å²) in [6.07, 6.45) is -0.186. The molecule has 0 saturated heterocycles. The van der Waals surface area contributed by atoms with Crippen molar-refractivity contribution in [3.8, 4) is 5.75 Å². The van der Waals surface area contributed by atoms with Gasteiger partial charge in [0.2, 0.25) is 0 Å². The van der Waals surface area contributed by atoms with Gasteiger partial charge >= 0.3 is 11.9 Å². The van der Waals surface area contributed by atoms with Crippen molar-refractivity contribution in [2.45, 2.75) is 33.6 Å². The molecule has 2 rings (SSSR count). The van der Waals surface area contributed by atoms with Gasteiger partial charge in [-0.25, -0.2) is 4.79 Å². The van der Waals surface area contributed by atoms with Crippen LogP contribution in [0.1, 0.15) is 50.9 Å². The molecular weight excluding hydrogens is 422 g/mol. The Hall–Kier alpha value is -3.20. The number of esters is 2. The predicted octanol–water partition coefficient (Wildman–Crippen LogP) is 3.70. The highest BCUT2D eigenvalue weighted by Gasteiger charge is 2.22. The van der Waals surface area contributed by atoms with Crippen LogP contribution < -0.4 is 10.1 Å². The van der Waals surface area contributed by atoms with E-state index >= 15 is 0 Å². The molecular formula is C22H25NO7S. The zero-order valence-corrected chi connectivity index (χ0v) is 18.7. The third-order valence-corrected chi connectivity index (χ3v) is 5.56. The monoisotopic (exact) mass is 447 g/mol. The van der Waals surface area contributed by atoms with Crippen molar-refractivity contribution >= 4 is 40.0 Å². The third-order valence-electron chi connectivity index (χ3n) is 4.44. The van der Waals surface area contributed by atoms with E-state index in [9.17, 15) is 19.2 Å². The fraction of sp³-hybridized carbons (Fsp3) is 0.364. The van der Waals surface area contributed by atoms with E-state index in [4.69, 9.17) is 14.2 Å². The summed E-state index contributed by atoms with van der Waals surface area (Å²) < 4.78 is 15.0. The van der Waals surface area contributed by atoms with Crippen LogP contribution >= 0.6 is 11.3 Å². The van der Waals surface area contributed by atoms with E-state index in [1.807, 2.05) is 13.8 Å². The molecule has 1 amide bonds. The summed E-state index contributed by atoms with van der Waals surface area (Å²) in [6, 6.07) is 6.65. The Morgan fingerprint density at radius 2 is 1.71 bits per heavy atom. The summed E-state index contributed by atoms with van der Waals surface area (Å²) in [5.74, 6) is -1.35. The molecule has 2 aromatic rings. The average molecular weight is 448 g/mol. The first-order chi connectivity index (χ1) is 14.8. The van der Waals surface area contributed by atoms with Gasteiger partial charge in [0, 0.05) is 16.9 Å². The zero-order valence-electron chi connectivity index (χ0n) is 17.9. The van der Waals surface area contributed by atoms with E-state index in [0.717, 1.165) is 10.4 Å². The van der Waals surface area contributed by atoms with Crippen LogP contribution in [0.5, 0.6) is 5.75 Å². The van der Waals surface area contributed by atoms with Gasteiger partial charge in [-0.05, 0) is 50.6 Å². The minimum absolute atomic E-state index is 0.0375. The van der Waals surface area contributed by atoms with Crippen LogP contribution in [0.4, 0.5) is 5.00 Å². The van der Waals surface area contributed by atoms with Crippen molar-refractivity contribution in [2.24, 2.45) is 0 Å². The minimum Gasteiger partial charge on any atom is -0.494 e. The molecule has 1 aromatic carbocycles. The molecule has 0 spiro atoms. The van der Waals surface area contributed by atoms with Gasteiger partial charge in [0.1, 0.15) is 10.8 Å². The number of rotatable bonds is 10. The van der Waals surface area contributed by atoms with Gasteiger partial charge in [0.15, 0.2) is 12.4 Å². The minimum atomic E-state index is -0.666. The van der Waals surface area contributed by atoms with Crippen LogP contribution in [0.3, 0.4) is 0 Å². The van der Waals surface area contributed by atoms with E-state index in [-0.39, 0.29) is 24.2 Å². The second-order valence-electron chi connectivity index (χ2n) is 6.57. The number of benzene rings is 1. The number of carbonyl (C=O) groups excluding carboxylic acids is 4. The Morgan fingerprint density at radius 1 is 1.03 bits per heavy atom. The first kappa shape index (κ1) is 24.1. The van der Waals surface area contributed by atoms with E-state index in [1.165, 1.54) is 18.4 Å². The summed E-state index contributed by atoms with van der Waals surface area (Å²) in [4.78, 5) is 49.0. The Kier molecular flexibility index (Phi) is 8.75. The third kappa shape index (κ3) is 6.65. The molecule has 0 fully saturated rings.